The number of hydrogen-bond acceptors (Lipinski definition) is 2. The van der Waals surface area contributed by atoms with Crippen molar-refractivity contribution in [2.45, 2.75) is 43.6 Å². The fourth-order valence-electron chi connectivity index (χ4n) is 2.68. The van der Waals surface area contributed by atoms with Gasteiger partial charge in [0.25, 0.3) is 0 Å². The van der Waals surface area contributed by atoms with Gasteiger partial charge in [0, 0.05) is 5.54 Å². The molecular formula is C15H21NS. The van der Waals surface area contributed by atoms with Gasteiger partial charge in [-0.2, -0.15) is 11.8 Å². The number of nitrogens with two attached hydrogens (primary N) is 1. The minimum absolute atomic E-state index is 0.142. The van der Waals surface area contributed by atoms with Crippen molar-refractivity contribution in [2.75, 3.05) is 11.5 Å². The second-order valence-corrected chi connectivity index (χ2v) is 6.89. The Hall–Kier alpha value is -0.470. The number of rotatable bonds is 3. The predicted molar refractivity (Wildman–Crippen MR) is 75.6 cm³/mol. The highest BCUT2D eigenvalue weighted by Crippen LogP contribution is 2.36. The SMILES string of the molecule is NC1(Cc2ccc(C3CCSCC3)cc2)CC1. The summed E-state index contributed by atoms with van der Waals surface area (Å²) in [6.45, 7) is 0. The van der Waals surface area contributed by atoms with E-state index in [1.165, 1.54) is 48.3 Å². The zero-order valence-corrected chi connectivity index (χ0v) is 11.1. The average Bonchev–Trinajstić information content (AvgIpc) is 3.09. The molecule has 1 aliphatic carbocycles. The molecule has 2 fully saturated rings. The van der Waals surface area contributed by atoms with Gasteiger partial charge in [0.2, 0.25) is 0 Å². The molecule has 2 N–H and O–H groups in total. The first-order valence-electron chi connectivity index (χ1n) is 6.71. The Morgan fingerprint density at radius 2 is 1.76 bits per heavy atom. The third kappa shape index (κ3) is 2.86. The minimum atomic E-state index is 0.142. The summed E-state index contributed by atoms with van der Waals surface area (Å²) in [7, 11) is 0. The Labute approximate surface area is 108 Å². The van der Waals surface area contributed by atoms with Gasteiger partial charge in [0.1, 0.15) is 0 Å². The van der Waals surface area contributed by atoms with Crippen LogP contribution >= 0.6 is 11.8 Å². The molecule has 2 aliphatic rings. The zero-order chi connectivity index (χ0) is 11.7. The lowest BCUT2D eigenvalue weighted by Crippen LogP contribution is -2.24. The van der Waals surface area contributed by atoms with E-state index in [0.29, 0.717) is 0 Å². The molecule has 1 aliphatic heterocycles. The summed E-state index contributed by atoms with van der Waals surface area (Å²) in [5.74, 6) is 3.47. The van der Waals surface area contributed by atoms with E-state index in [-0.39, 0.29) is 5.54 Å². The van der Waals surface area contributed by atoms with Gasteiger partial charge in [-0.05, 0) is 60.7 Å². The maximum atomic E-state index is 6.16. The topological polar surface area (TPSA) is 26.0 Å². The highest BCUT2D eigenvalue weighted by Gasteiger charge is 2.37. The van der Waals surface area contributed by atoms with Crippen molar-refractivity contribution in [3.05, 3.63) is 35.4 Å². The Morgan fingerprint density at radius 1 is 1.12 bits per heavy atom. The van der Waals surface area contributed by atoms with E-state index in [2.05, 4.69) is 36.0 Å². The smallest absolute Gasteiger partial charge is 0.0196 e. The van der Waals surface area contributed by atoms with Crippen LogP contribution in [-0.4, -0.2) is 17.0 Å². The first-order chi connectivity index (χ1) is 8.25. The molecular weight excluding hydrogens is 226 g/mol. The molecule has 1 aromatic rings. The second kappa shape index (κ2) is 4.66. The Balaban J connectivity index is 1.66. The summed E-state index contributed by atoms with van der Waals surface area (Å²) in [6.07, 6.45) is 6.17. The van der Waals surface area contributed by atoms with Crippen molar-refractivity contribution in [2.24, 2.45) is 5.73 Å². The number of hydrogen-bond donors (Lipinski definition) is 1. The van der Waals surface area contributed by atoms with Gasteiger partial charge in [-0.1, -0.05) is 24.3 Å². The summed E-state index contributed by atoms with van der Waals surface area (Å²) in [5, 5.41) is 0. The van der Waals surface area contributed by atoms with Crippen molar-refractivity contribution in [3.63, 3.8) is 0 Å². The molecule has 3 rings (SSSR count). The van der Waals surface area contributed by atoms with E-state index < -0.39 is 0 Å². The van der Waals surface area contributed by atoms with Crippen molar-refractivity contribution < 1.29 is 0 Å². The van der Waals surface area contributed by atoms with Crippen molar-refractivity contribution in [1.82, 2.24) is 0 Å². The van der Waals surface area contributed by atoms with E-state index in [0.717, 1.165) is 12.3 Å². The number of benzene rings is 1. The van der Waals surface area contributed by atoms with Crippen molar-refractivity contribution >= 4 is 11.8 Å². The second-order valence-electron chi connectivity index (χ2n) is 5.67. The molecule has 0 bridgehead atoms. The monoisotopic (exact) mass is 247 g/mol. The van der Waals surface area contributed by atoms with Crippen LogP contribution in [0.15, 0.2) is 24.3 Å². The van der Waals surface area contributed by atoms with Crippen molar-refractivity contribution in [3.8, 4) is 0 Å². The average molecular weight is 247 g/mol. The molecule has 0 unspecified atom stereocenters. The third-order valence-corrected chi connectivity index (χ3v) is 5.17. The summed E-state index contributed by atoms with van der Waals surface area (Å²) in [4.78, 5) is 0. The van der Waals surface area contributed by atoms with Crippen LogP contribution in [0.1, 0.15) is 42.7 Å². The lowest BCUT2D eigenvalue weighted by atomic mass is 9.92. The molecule has 1 saturated heterocycles. The Kier molecular flexibility index (Phi) is 3.18. The minimum Gasteiger partial charge on any atom is -0.325 e. The van der Waals surface area contributed by atoms with E-state index in [4.69, 9.17) is 5.73 Å². The standard InChI is InChI=1S/C15H21NS/c16-15(7-8-15)11-12-1-3-13(4-2-12)14-5-9-17-10-6-14/h1-4,14H,5-11,16H2. The Bertz CT molecular complexity index is 374. The highest BCUT2D eigenvalue weighted by molar-refractivity contribution is 7.99. The van der Waals surface area contributed by atoms with Gasteiger partial charge < -0.3 is 5.73 Å². The molecule has 1 heterocycles. The number of thioether (sulfide) groups is 1. The van der Waals surface area contributed by atoms with Crippen LogP contribution in [0.5, 0.6) is 0 Å². The molecule has 2 heteroatoms. The van der Waals surface area contributed by atoms with E-state index in [1.807, 2.05) is 0 Å². The summed E-state index contributed by atoms with van der Waals surface area (Å²) >= 11 is 2.10. The normalized spacial score (nSPS) is 23.6. The van der Waals surface area contributed by atoms with Gasteiger partial charge in [-0.15, -0.1) is 0 Å². The van der Waals surface area contributed by atoms with Crippen LogP contribution in [0.4, 0.5) is 0 Å². The zero-order valence-electron chi connectivity index (χ0n) is 10.3. The fraction of sp³-hybridized carbons (Fsp3) is 0.600. The largest absolute Gasteiger partial charge is 0.325 e. The molecule has 0 atom stereocenters. The molecule has 1 saturated carbocycles. The molecule has 1 nitrogen and oxygen atoms in total. The molecule has 0 amide bonds. The molecule has 0 aromatic heterocycles. The van der Waals surface area contributed by atoms with Gasteiger partial charge in [0.05, 0.1) is 0 Å². The molecule has 92 valence electrons. The van der Waals surface area contributed by atoms with Crippen LogP contribution in [0.3, 0.4) is 0 Å². The molecule has 0 radical (unpaired) electrons. The quantitative estimate of drug-likeness (QED) is 0.886. The van der Waals surface area contributed by atoms with Crippen LogP contribution < -0.4 is 5.73 Å². The van der Waals surface area contributed by atoms with E-state index >= 15 is 0 Å². The van der Waals surface area contributed by atoms with Gasteiger partial charge in [-0.3, -0.25) is 0 Å². The van der Waals surface area contributed by atoms with E-state index in [1.54, 1.807) is 0 Å². The Morgan fingerprint density at radius 3 is 2.35 bits per heavy atom. The summed E-state index contributed by atoms with van der Waals surface area (Å²) in [6, 6.07) is 9.26. The van der Waals surface area contributed by atoms with Crippen LogP contribution in [0.2, 0.25) is 0 Å². The molecule has 0 spiro atoms. The lowest BCUT2D eigenvalue weighted by molar-refractivity contribution is 0.635. The first-order valence-corrected chi connectivity index (χ1v) is 7.86. The predicted octanol–water partition coefficient (Wildman–Crippen LogP) is 3.33. The first kappa shape index (κ1) is 11.6. The summed E-state index contributed by atoms with van der Waals surface area (Å²) in [5.41, 5.74) is 9.25. The highest BCUT2D eigenvalue weighted by atomic mass is 32.2. The molecule has 1 aromatic carbocycles. The van der Waals surface area contributed by atoms with Gasteiger partial charge in [0.15, 0.2) is 0 Å². The maximum absolute atomic E-state index is 6.16. The summed E-state index contributed by atoms with van der Waals surface area (Å²) < 4.78 is 0. The van der Waals surface area contributed by atoms with E-state index in [9.17, 15) is 0 Å². The third-order valence-electron chi connectivity index (χ3n) is 4.12. The van der Waals surface area contributed by atoms with Gasteiger partial charge in [-0.25, -0.2) is 0 Å². The molecule has 17 heavy (non-hydrogen) atoms. The van der Waals surface area contributed by atoms with Crippen LogP contribution in [-0.2, 0) is 6.42 Å². The van der Waals surface area contributed by atoms with Crippen molar-refractivity contribution in [1.29, 1.82) is 0 Å². The lowest BCUT2D eigenvalue weighted by Gasteiger charge is -2.22. The maximum Gasteiger partial charge on any atom is 0.0196 e. The van der Waals surface area contributed by atoms with Crippen LogP contribution in [0, 0.1) is 0 Å². The van der Waals surface area contributed by atoms with Gasteiger partial charge >= 0.3 is 0 Å². The van der Waals surface area contributed by atoms with Crippen LogP contribution in [0.25, 0.3) is 0 Å². The fourth-order valence-corrected chi connectivity index (χ4v) is 3.79.